The van der Waals surface area contributed by atoms with Crippen LogP contribution >= 0.6 is 22.6 Å². The van der Waals surface area contributed by atoms with E-state index in [0.29, 0.717) is 13.3 Å². The highest BCUT2D eigenvalue weighted by Crippen LogP contribution is 2.24. The van der Waals surface area contributed by atoms with E-state index in [1.54, 1.807) is 0 Å². The molecule has 0 spiro atoms. The Kier molecular flexibility index (Phi) is 6.39. The lowest BCUT2D eigenvalue weighted by Gasteiger charge is -2.22. The lowest BCUT2D eigenvalue weighted by Crippen LogP contribution is -2.24. The molecule has 27 heavy (non-hydrogen) atoms. The summed E-state index contributed by atoms with van der Waals surface area (Å²) in [5.74, 6) is 0.848. The Morgan fingerprint density at radius 3 is 2.63 bits per heavy atom. The Hall–Kier alpha value is -2.48. The lowest BCUT2D eigenvalue weighted by molar-refractivity contribution is 0.289. The maximum absolute atomic E-state index is 6.22. The van der Waals surface area contributed by atoms with Gasteiger partial charge in [0.1, 0.15) is 19.0 Å². The third-order valence-electron chi connectivity index (χ3n) is 4.16. The van der Waals surface area contributed by atoms with Crippen molar-refractivity contribution in [1.29, 1.82) is 0 Å². The molecule has 0 atom stereocenters. The fourth-order valence-corrected chi connectivity index (χ4v) is 3.25. The van der Waals surface area contributed by atoms with Crippen molar-refractivity contribution < 1.29 is 4.74 Å². The standard InChI is InChI=1S/C21H23IN4O/c1-25-12-16(20-9-8-17(22)10-21(20)23)11-24-15-26(2)18(13-25)14-27-19-6-4-3-5-7-19/h3-13H,14-15,23H2,1-2H3/b16-12+,18-13-,24-11-. The summed E-state index contributed by atoms with van der Waals surface area (Å²) >= 11 is 2.26. The van der Waals surface area contributed by atoms with Crippen LogP contribution < -0.4 is 10.5 Å². The van der Waals surface area contributed by atoms with Crippen LogP contribution in [0, 0.1) is 3.57 Å². The molecule has 2 N–H and O–H groups in total. The van der Waals surface area contributed by atoms with Crippen molar-refractivity contribution in [2.45, 2.75) is 0 Å². The van der Waals surface area contributed by atoms with Gasteiger partial charge in [-0.15, -0.1) is 0 Å². The minimum absolute atomic E-state index is 0.467. The number of para-hydroxylation sites is 1. The van der Waals surface area contributed by atoms with Crippen LogP contribution in [0.1, 0.15) is 5.56 Å². The molecule has 140 valence electrons. The average Bonchev–Trinajstić information content (AvgIpc) is 2.71. The Bertz CT molecular complexity index is 877. The number of halogens is 1. The van der Waals surface area contributed by atoms with Crippen LogP contribution in [0.25, 0.3) is 5.57 Å². The number of allylic oxidation sites excluding steroid dienone is 1. The molecule has 0 unspecified atom stereocenters. The predicted molar refractivity (Wildman–Crippen MR) is 120 cm³/mol. The molecule has 6 heteroatoms. The van der Waals surface area contributed by atoms with Crippen LogP contribution in [0.15, 0.2) is 71.6 Å². The molecule has 0 saturated carbocycles. The number of likely N-dealkylation sites (N-methyl/N-ethyl adjacent to an activating group) is 1. The van der Waals surface area contributed by atoms with Crippen LogP contribution in [-0.2, 0) is 0 Å². The van der Waals surface area contributed by atoms with Gasteiger partial charge in [-0.3, -0.25) is 4.99 Å². The van der Waals surface area contributed by atoms with Crippen LogP contribution in [0.4, 0.5) is 5.69 Å². The summed E-state index contributed by atoms with van der Waals surface area (Å²) in [5, 5.41) is 0. The van der Waals surface area contributed by atoms with Crippen molar-refractivity contribution in [3.05, 3.63) is 75.8 Å². The van der Waals surface area contributed by atoms with Crippen molar-refractivity contribution in [3.63, 3.8) is 0 Å². The fourth-order valence-electron chi connectivity index (χ4n) is 2.73. The third-order valence-corrected chi connectivity index (χ3v) is 4.84. The third kappa shape index (κ3) is 5.26. The van der Waals surface area contributed by atoms with Gasteiger partial charge >= 0.3 is 0 Å². The van der Waals surface area contributed by atoms with Crippen molar-refractivity contribution in [2.75, 3.05) is 33.1 Å². The first-order valence-electron chi connectivity index (χ1n) is 8.61. The number of nitrogen functional groups attached to an aromatic ring is 1. The molecule has 2 aromatic rings. The van der Waals surface area contributed by atoms with Crippen LogP contribution in [-0.4, -0.2) is 43.4 Å². The quantitative estimate of drug-likeness (QED) is 0.537. The molecule has 0 saturated heterocycles. The first-order chi connectivity index (χ1) is 13.0. The van der Waals surface area contributed by atoms with Crippen LogP contribution in [0.5, 0.6) is 5.75 Å². The van der Waals surface area contributed by atoms with Gasteiger partial charge in [-0.2, -0.15) is 0 Å². The summed E-state index contributed by atoms with van der Waals surface area (Å²) < 4.78 is 7.03. The van der Waals surface area contributed by atoms with Gasteiger partial charge in [0.15, 0.2) is 0 Å². The van der Waals surface area contributed by atoms with E-state index >= 15 is 0 Å². The number of benzene rings is 2. The van der Waals surface area contributed by atoms with E-state index in [0.717, 1.165) is 31.8 Å². The maximum atomic E-state index is 6.22. The van der Waals surface area contributed by atoms with E-state index in [2.05, 4.69) is 44.7 Å². The topological polar surface area (TPSA) is 54.1 Å². The lowest BCUT2D eigenvalue weighted by atomic mass is 10.1. The molecule has 2 aromatic carbocycles. The minimum atomic E-state index is 0.467. The molecular weight excluding hydrogens is 451 g/mol. The summed E-state index contributed by atoms with van der Waals surface area (Å²) in [4.78, 5) is 8.68. The normalized spacial score (nSPS) is 19.8. The number of rotatable bonds is 4. The van der Waals surface area contributed by atoms with Crippen molar-refractivity contribution in [3.8, 4) is 5.75 Å². The molecular formula is C21H23IN4O. The van der Waals surface area contributed by atoms with Gasteiger partial charge in [0.05, 0.1) is 5.70 Å². The highest BCUT2D eigenvalue weighted by molar-refractivity contribution is 14.1. The first kappa shape index (κ1) is 19.3. The molecule has 5 nitrogen and oxygen atoms in total. The van der Waals surface area contributed by atoms with Gasteiger partial charge in [-0.1, -0.05) is 24.3 Å². The number of anilines is 1. The zero-order valence-electron chi connectivity index (χ0n) is 15.5. The summed E-state index contributed by atoms with van der Waals surface area (Å²) in [7, 11) is 4.01. The summed E-state index contributed by atoms with van der Waals surface area (Å²) in [6, 6.07) is 15.9. The van der Waals surface area contributed by atoms with E-state index in [1.807, 2.05) is 73.9 Å². The number of nitrogens with zero attached hydrogens (tertiary/aromatic N) is 3. The second-order valence-corrected chi connectivity index (χ2v) is 7.60. The zero-order valence-corrected chi connectivity index (χ0v) is 17.6. The molecule has 0 aromatic heterocycles. The number of nitrogens with two attached hydrogens (primary N) is 1. The van der Waals surface area contributed by atoms with Crippen LogP contribution in [0.3, 0.4) is 0 Å². The molecule has 1 heterocycles. The monoisotopic (exact) mass is 474 g/mol. The molecule has 0 aliphatic carbocycles. The van der Waals surface area contributed by atoms with E-state index in [1.165, 1.54) is 0 Å². The van der Waals surface area contributed by atoms with E-state index in [4.69, 9.17) is 10.5 Å². The average molecular weight is 474 g/mol. The van der Waals surface area contributed by atoms with Gasteiger partial charge in [0.25, 0.3) is 0 Å². The van der Waals surface area contributed by atoms with E-state index in [9.17, 15) is 0 Å². The fraction of sp³-hybridized carbons (Fsp3) is 0.190. The zero-order chi connectivity index (χ0) is 19.2. The minimum Gasteiger partial charge on any atom is -0.487 e. The Morgan fingerprint density at radius 2 is 1.89 bits per heavy atom. The Labute approximate surface area is 174 Å². The number of hydrogen-bond donors (Lipinski definition) is 1. The second-order valence-electron chi connectivity index (χ2n) is 6.35. The Morgan fingerprint density at radius 1 is 1.11 bits per heavy atom. The predicted octanol–water partition coefficient (Wildman–Crippen LogP) is 4.04. The highest BCUT2D eigenvalue weighted by atomic mass is 127. The van der Waals surface area contributed by atoms with Crippen LogP contribution in [0.2, 0.25) is 0 Å². The summed E-state index contributed by atoms with van der Waals surface area (Å²) in [6.45, 7) is 1.01. The summed E-state index contributed by atoms with van der Waals surface area (Å²) in [6.07, 6.45) is 5.96. The molecule has 1 aliphatic rings. The maximum Gasteiger partial charge on any atom is 0.129 e. The summed E-state index contributed by atoms with van der Waals surface area (Å²) in [5.41, 5.74) is 9.95. The number of ether oxygens (including phenoxy) is 1. The number of hydrogen-bond acceptors (Lipinski definition) is 5. The van der Waals surface area contributed by atoms with Gasteiger partial charge in [0, 0.05) is 53.1 Å². The molecule has 0 fully saturated rings. The van der Waals surface area contributed by atoms with Gasteiger partial charge in [0.2, 0.25) is 0 Å². The van der Waals surface area contributed by atoms with Crippen molar-refractivity contribution in [2.24, 2.45) is 4.99 Å². The van der Waals surface area contributed by atoms with E-state index in [-0.39, 0.29) is 0 Å². The molecule has 1 aliphatic heterocycles. The first-order valence-corrected chi connectivity index (χ1v) is 9.69. The van der Waals surface area contributed by atoms with Gasteiger partial charge in [-0.25, -0.2) is 0 Å². The Balaban J connectivity index is 1.84. The largest absolute Gasteiger partial charge is 0.487 e. The smallest absolute Gasteiger partial charge is 0.129 e. The van der Waals surface area contributed by atoms with E-state index < -0.39 is 0 Å². The number of aliphatic imine (C=N–C) groups is 1. The molecule has 0 amide bonds. The SMILES string of the molecule is CN1/C=C(c2ccc(I)cc2N)\C=N/CN(C)/C(COc2ccccc2)=C\1. The molecule has 0 bridgehead atoms. The van der Waals surface area contributed by atoms with Gasteiger partial charge in [-0.05, 0) is 46.9 Å². The highest BCUT2D eigenvalue weighted by Gasteiger charge is 2.11. The second kappa shape index (κ2) is 8.94. The van der Waals surface area contributed by atoms with Crippen molar-refractivity contribution >= 4 is 40.1 Å². The molecule has 3 rings (SSSR count). The van der Waals surface area contributed by atoms with Gasteiger partial charge < -0.3 is 20.3 Å². The van der Waals surface area contributed by atoms with Crippen molar-refractivity contribution in [1.82, 2.24) is 9.80 Å². The molecule has 0 radical (unpaired) electrons.